The number of pyridine rings is 1. The van der Waals surface area contributed by atoms with Crippen LogP contribution in [0.4, 0.5) is 11.5 Å². The number of rotatable bonds is 9. The van der Waals surface area contributed by atoms with Gasteiger partial charge in [0, 0.05) is 50.5 Å². The number of carboxylic acids is 1. The molecule has 0 spiro atoms. The molecule has 0 saturated carbocycles. The molecule has 0 atom stereocenters. The van der Waals surface area contributed by atoms with Gasteiger partial charge in [-0.05, 0) is 17.7 Å². The van der Waals surface area contributed by atoms with Crippen LogP contribution in [0.1, 0.15) is 15.9 Å². The summed E-state index contributed by atoms with van der Waals surface area (Å²) >= 11 is 0. The predicted molar refractivity (Wildman–Crippen MR) is 122 cm³/mol. The topological polar surface area (TPSA) is 109 Å². The largest absolute Gasteiger partial charge is 0.478 e. The maximum Gasteiger partial charge on any atom is 0.335 e. The first kappa shape index (κ1) is 23.1. The van der Waals surface area contributed by atoms with Crippen LogP contribution in [0.2, 0.25) is 0 Å². The second-order valence-electron chi connectivity index (χ2n) is 7.83. The number of carboxylic acid groups (broad SMARTS) is 1. The summed E-state index contributed by atoms with van der Waals surface area (Å²) in [5.41, 5.74) is 1.97. The molecule has 33 heavy (non-hydrogen) atoms. The van der Waals surface area contributed by atoms with E-state index in [1.54, 1.807) is 18.2 Å². The number of benzene rings is 1. The Morgan fingerprint density at radius 3 is 2.58 bits per heavy atom. The van der Waals surface area contributed by atoms with E-state index >= 15 is 0 Å². The third-order valence-electron chi connectivity index (χ3n) is 5.51. The Morgan fingerprint density at radius 2 is 1.82 bits per heavy atom. The van der Waals surface area contributed by atoms with E-state index in [1.165, 1.54) is 0 Å². The molecule has 0 unspecified atom stereocenters. The highest BCUT2D eigenvalue weighted by Gasteiger charge is 2.15. The third kappa shape index (κ3) is 6.95. The second kappa shape index (κ2) is 11.7. The molecule has 2 fully saturated rings. The van der Waals surface area contributed by atoms with Crippen LogP contribution in [0.3, 0.4) is 0 Å². The van der Waals surface area contributed by atoms with E-state index in [9.17, 15) is 4.79 Å². The smallest absolute Gasteiger partial charge is 0.335 e. The van der Waals surface area contributed by atoms with Crippen LogP contribution in [0, 0.1) is 0 Å². The first-order valence-electron chi connectivity index (χ1n) is 11.1. The lowest BCUT2D eigenvalue weighted by Crippen LogP contribution is -2.38. The number of aromatic nitrogens is 1. The lowest BCUT2D eigenvalue weighted by Gasteiger charge is -2.29. The molecular weight excluding hydrogens is 426 g/mol. The van der Waals surface area contributed by atoms with Crippen molar-refractivity contribution in [3.05, 3.63) is 47.5 Å². The van der Waals surface area contributed by atoms with Gasteiger partial charge in [-0.2, -0.15) is 10.1 Å². The maximum atomic E-state index is 11.2. The molecule has 2 saturated heterocycles. The fourth-order valence-corrected chi connectivity index (χ4v) is 3.70. The number of carbonyl (C=O) groups is 1. The minimum absolute atomic E-state index is 0.228. The molecule has 3 heterocycles. The molecule has 10 nitrogen and oxygen atoms in total. The summed E-state index contributed by atoms with van der Waals surface area (Å²) in [4.78, 5) is 20.2. The van der Waals surface area contributed by atoms with Gasteiger partial charge in [0.25, 0.3) is 0 Å². The number of morpholine rings is 2. The molecule has 2 aromatic rings. The summed E-state index contributed by atoms with van der Waals surface area (Å²) in [6.45, 7) is 7.85. The van der Waals surface area contributed by atoms with E-state index in [0.29, 0.717) is 31.5 Å². The number of aromatic carboxylic acids is 1. The predicted octanol–water partition coefficient (Wildman–Crippen LogP) is 2.61. The van der Waals surface area contributed by atoms with Gasteiger partial charge in [-0.25, -0.2) is 4.79 Å². The quantitative estimate of drug-likeness (QED) is 0.575. The third-order valence-corrected chi connectivity index (χ3v) is 5.51. The van der Waals surface area contributed by atoms with Crippen molar-refractivity contribution >= 4 is 17.5 Å². The summed E-state index contributed by atoms with van der Waals surface area (Å²) < 4.78 is 16.8. The minimum atomic E-state index is -0.965. The summed E-state index contributed by atoms with van der Waals surface area (Å²) in [6, 6.07) is 10.5. The number of hydrogen-bond donors (Lipinski definition) is 1. The van der Waals surface area contributed by atoms with Gasteiger partial charge in [0.15, 0.2) is 5.82 Å². The second-order valence-corrected chi connectivity index (χ2v) is 7.83. The fraction of sp³-hybridized carbons (Fsp3) is 0.478. The van der Waals surface area contributed by atoms with E-state index < -0.39 is 5.97 Å². The van der Waals surface area contributed by atoms with Gasteiger partial charge in [-0.1, -0.05) is 12.1 Å². The van der Waals surface area contributed by atoms with Crippen molar-refractivity contribution < 1.29 is 24.1 Å². The van der Waals surface area contributed by atoms with Crippen molar-refractivity contribution in [2.24, 2.45) is 10.2 Å². The zero-order valence-corrected chi connectivity index (χ0v) is 18.6. The Balaban J connectivity index is 1.44. The average Bonchev–Trinajstić information content (AvgIpc) is 2.85. The number of hydrogen-bond acceptors (Lipinski definition) is 9. The number of nitrogens with zero attached hydrogens (tertiary/aromatic N) is 5. The van der Waals surface area contributed by atoms with Gasteiger partial charge in [0.2, 0.25) is 5.88 Å². The standard InChI is InChI=1S/C23H29N5O5/c29-23(30)19-3-1-2-18(14-19)17-24-26-21-15-20(28-7-11-32-12-8-28)16-22(25-21)33-13-6-27-4-9-31-10-5-27/h1-3,14-16H,4-13,17H2,(H,29,30). The molecule has 0 radical (unpaired) electrons. The molecule has 176 valence electrons. The number of azo groups is 1. The van der Waals surface area contributed by atoms with Gasteiger partial charge in [0.1, 0.15) is 6.61 Å². The molecule has 2 aliphatic rings. The molecule has 0 bridgehead atoms. The van der Waals surface area contributed by atoms with Gasteiger partial charge in [-0.15, -0.1) is 5.11 Å². The Labute approximate surface area is 192 Å². The van der Waals surface area contributed by atoms with Crippen molar-refractivity contribution in [1.29, 1.82) is 0 Å². The Kier molecular flexibility index (Phi) is 8.18. The van der Waals surface area contributed by atoms with Crippen LogP contribution in [-0.4, -0.2) is 86.7 Å². The van der Waals surface area contributed by atoms with Gasteiger partial charge < -0.3 is 24.2 Å². The number of anilines is 1. The monoisotopic (exact) mass is 455 g/mol. The highest BCUT2D eigenvalue weighted by atomic mass is 16.5. The lowest BCUT2D eigenvalue weighted by molar-refractivity contribution is 0.0320. The fourth-order valence-electron chi connectivity index (χ4n) is 3.70. The first-order chi connectivity index (χ1) is 16.2. The molecule has 0 amide bonds. The van der Waals surface area contributed by atoms with E-state index in [0.717, 1.165) is 57.2 Å². The van der Waals surface area contributed by atoms with Crippen molar-refractivity contribution in [1.82, 2.24) is 9.88 Å². The average molecular weight is 456 g/mol. The van der Waals surface area contributed by atoms with Crippen LogP contribution in [0.25, 0.3) is 0 Å². The normalized spacial score (nSPS) is 17.4. The first-order valence-corrected chi connectivity index (χ1v) is 11.1. The van der Waals surface area contributed by atoms with Gasteiger partial charge in [-0.3, -0.25) is 4.90 Å². The molecule has 4 rings (SSSR count). The Hall–Kier alpha value is -3.08. The van der Waals surface area contributed by atoms with Crippen molar-refractivity contribution in [2.45, 2.75) is 6.54 Å². The van der Waals surface area contributed by atoms with Crippen LogP contribution < -0.4 is 9.64 Å². The zero-order valence-electron chi connectivity index (χ0n) is 18.6. The molecule has 2 aliphatic heterocycles. The summed E-state index contributed by atoms with van der Waals surface area (Å²) in [5.74, 6) is -0.00336. The molecule has 1 N–H and O–H groups in total. The summed E-state index contributed by atoms with van der Waals surface area (Å²) in [7, 11) is 0. The van der Waals surface area contributed by atoms with E-state index in [-0.39, 0.29) is 12.1 Å². The SMILES string of the molecule is O=C(O)c1cccc(CN=Nc2cc(N3CCOCC3)cc(OCCN3CCOCC3)n2)c1. The highest BCUT2D eigenvalue weighted by Crippen LogP contribution is 2.26. The van der Waals surface area contributed by atoms with Crippen LogP contribution in [0.15, 0.2) is 46.6 Å². The van der Waals surface area contributed by atoms with Gasteiger partial charge in [0.05, 0.1) is 38.5 Å². The van der Waals surface area contributed by atoms with E-state index in [1.807, 2.05) is 18.2 Å². The molecule has 10 heteroatoms. The maximum absolute atomic E-state index is 11.2. The Bertz CT molecular complexity index is 958. The van der Waals surface area contributed by atoms with E-state index in [2.05, 4.69) is 25.0 Å². The molecule has 1 aromatic heterocycles. The van der Waals surface area contributed by atoms with Crippen molar-refractivity contribution in [3.63, 3.8) is 0 Å². The van der Waals surface area contributed by atoms with Crippen molar-refractivity contribution in [2.75, 3.05) is 70.7 Å². The van der Waals surface area contributed by atoms with Crippen LogP contribution in [-0.2, 0) is 16.0 Å². The van der Waals surface area contributed by atoms with Crippen molar-refractivity contribution in [3.8, 4) is 5.88 Å². The highest BCUT2D eigenvalue weighted by molar-refractivity contribution is 5.87. The summed E-state index contributed by atoms with van der Waals surface area (Å²) in [5, 5.41) is 17.7. The minimum Gasteiger partial charge on any atom is -0.478 e. The van der Waals surface area contributed by atoms with Gasteiger partial charge >= 0.3 is 5.97 Å². The molecular formula is C23H29N5O5. The summed E-state index contributed by atoms with van der Waals surface area (Å²) in [6.07, 6.45) is 0. The lowest BCUT2D eigenvalue weighted by atomic mass is 10.1. The molecule has 1 aromatic carbocycles. The van der Waals surface area contributed by atoms with E-state index in [4.69, 9.17) is 19.3 Å². The Morgan fingerprint density at radius 1 is 1.06 bits per heavy atom. The zero-order chi connectivity index (χ0) is 22.9. The van der Waals surface area contributed by atoms with Crippen LogP contribution in [0.5, 0.6) is 5.88 Å². The molecule has 0 aliphatic carbocycles. The number of ether oxygens (including phenoxy) is 3. The van der Waals surface area contributed by atoms with Crippen LogP contribution >= 0.6 is 0 Å².